The van der Waals surface area contributed by atoms with Crippen molar-refractivity contribution in [3.8, 4) is 6.07 Å². The fourth-order valence-electron chi connectivity index (χ4n) is 3.88. The summed E-state index contributed by atoms with van der Waals surface area (Å²) in [5.74, 6) is 0.0612. The molecule has 1 aromatic heterocycles. The SMILES string of the molecule is Cc1cccnc1NC(=O)C1CCCN(C(=O)c2ccccc2Sc2ccccc2C#N)C1. The summed E-state index contributed by atoms with van der Waals surface area (Å²) in [5, 5.41) is 12.3. The Labute approximate surface area is 197 Å². The van der Waals surface area contributed by atoms with Crippen molar-refractivity contribution in [3.63, 3.8) is 0 Å². The average molecular weight is 457 g/mol. The van der Waals surface area contributed by atoms with Crippen LogP contribution in [0.5, 0.6) is 0 Å². The minimum Gasteiger partial charge on any atom is -0.338 e. The van der Waals surface area contributed by atoms with Gasteiger partial charge in [-0.1, -0.05) is 42.1 Å². The van der Waals surface area contributed by atoms with Gasteiger partial charge in [0.25, 0.3) is 5.91 Å². The Hall–Kier alpha value is -3.63. The number of nitrogens with zero attached hydrogens (tertiary/aromatic N) is 3. The van der Waals surface area contributed by atoms with Crippen molar-refractivity contribution in [2.75, 3.05) is 18.4 Å². The maximum Gasteiger partial charge on any atom is 0.255 e. The molecule has 166 valence electrons. The summed E-state index contributed by atoms with van der Waals surface area (Å²) >= 11 is 1.41. The van der Waals surface area contributed by atoms with Crippen molar-refractivity contribution in [2.24, 2.45) is 5.92 Å². The van der Waals surface area contributed by atoms with E-state index in [4.69, 9.17) is 0 Å². The normalized spacial score (nSPS) is 15.5. The molecule has 1 aliphatic heterocycles. The molecule has 3 aromatic rings. The van der Waals surface area contributed by atoms with Crippen LogP contribution in [-0.2, 0) is 4.79 Å². The van der Waals surface area contributed by atoms with E-state index >= 15 is 0 Å². The van der Waals surface area contributed by atoms with E-state index in [0.29, 0.717) is 30.0 Å². The van der Waals surface area contributed by atoms with E-state index in [2.05, 4.69) is 16.4 Å². The highest BCUT2D eigenvalue weighted by molar-refractivity contribution is 7.99. The second kappa shape index (κ2) is 10.3. The highest BCUT2D eigenvalue weighted by atomic mass is 32.2. The van der Waals surface area contributed by atoms with Crippen LogP contribution >= 0.6 is 11.8 Å². The predicted octanol–water partition coefficient (Wildman–Crippen LogP) is 4.90. The molecule has 1 atom stereocenters. The zero-order valence-corrected chi connectivity index (χ0v) is 19.1. The zero-order valence-electron chi connectivity index (χ0n) is 18.3. The van der Waals surface area contributed by atoms with Gasteiger partial charge in [-0.25, -0.2) is 4.98 Å². The highest BCUT2D eigenvalue weighted by Gasteiger charge is 2.30. The van der Waals surface area contributed by atoms with Gasteiger partial charge in [0.1, 0.15) is 11.9 Å². The fraction of sp³-hybridized carbons (Fsp3) is 0.231. The third-order valence-electron chi connectivity index (χ3n) is 5.68. The van der Waals surface area contributed by atoms with Crippen molar-refractivity contribution in [1.82, 2.24) is 9.88 Å². The number of nitriles is 1. The van der Waals surface area contributed by atoms with Gasteiger partial charge in [-0.05, 0) is 55.7 Å². The van der Waals surface area contributed by atoms with Crippen molar-refractivity contribution in [2.45, 2.75) is 29.6 Å². The molecule has 0 spiro atoms. The van der Waals surface area contributed by atoms with E-state index < -0.39 is 0 Å². The molecule has 2 aromatic carbocycles. The van der Waals surface area contributed by atoms with Crippen LogP contribution in [0.2, 0.25) is 0 Å². The number of carbonyl (C=O) groups excluding carboxylic acids is 2. The number of carbonyl (C=O) groups is 2. The maximum atomic E-state index is 13.4. The molecule has 6 nitrogen and oxygen atoms in total. The molecule has 1 saturated heterocycles. The van der Waals surface area contributed by atoms with Gasteiger partial charge >= 0.3 is 0 Å². The first kappa shape index (κ1) is 22.6. The molecule has 2 heterocycles. The smallest absolute Gasteiger partial charge is 0.255 e. The Morgan fingerprint density at radius 2 is 1.85 bits per heavy atom. The van der Waals surface area contributed by atoms with Crippen molar-refractivity contribution in [1.29, 1.82) is 5.26 Å². The Balaban J connectivity index is 1.50. The molecule has 1 fully saturated rings. The van der Waals surface area contributed by atoms with Gasteiger partial charge in [0.05, 0.1) is 17.0 Å². The van der Waals surface area contributed by atoms with E-state index in [9.17, 15) is 14.9 Å². The number of aryl methyl sites for hydroxylation is 1. The van der Waals surface area contributed by atoms with Crippen molar-refractivity contribution >= 4 is 29.4 Å². The molecule has 1 unspecified atom stereocenters. The number of likely N-dealkylation sites (tertiary alicyclic amines) is 1. The number of nitrogens with one attached hydrogen (secondary N) is 1. The van der Waals surface area contributed by atoms with E-state index in [0.717, 1.165) is 28.2 Å². The number of amides is 2. The fourth-order valence-corrected chi connectivity index (χ4v) is 4.90. The summed E-state index contributed by atoms with van der Waals surface area (Å²) in [4.78, 5) is 33.9. The lowest BCUT2D eigenvalue weighted by Crippen LogP contribution is -2.44. The topological polar surface area (TPSA) is 86.1 Å². The second-order valence-corrected chi connectivity index (χ2v) is 9.04. The largest absolute Gasteiger partial charge is 0.338 e. The zero-order chi connectivity index (χ0) is 23.2. The summed E-state index contributed by atoms with van der Waals surface area (Å²) in [7, 11) is 0. The first-order valence-corrected chi connectivity index (χ1v) is 11.7. The molecule has 2 amide bonds. The van der Waals surface area contributed by atoms with E-state index in [1.54, 1.807) is 23.2 Å². The molecule has 0 saturated carbocycles. The van der Waals surface area contributed by atoms with Crippen LogP contribution in [0, 0.1) is 24.2 Å². The maximum absolute atomic E-state index is 13.4. The first-order chi connectivity index (χ1) is 16.1. The van der Waals surface area contributed by atoms with Gasteiger partial charge in [-0.15, -0.1) is 0 Å². The summed E-state index contributed by atoms with van der Waals surface area (Å²) < 4.78 is 0. The van der Waals surface area contributed by atoms with Crippen LogP contribution in [0.1, 0.15) is 34.3 Å². The van der Waals surface area contributed by atoms with Gasteiger partial charge in [-0.2, -0.15) is 5.26 Å². The third-order valence-corrected chi connectivity index (χ3v) is 6.83. The van der Waals surface area contributed by atoms with Crippen molar-refractivity contribution in [3.05, 3.63) is 83.6 Å². The number of anilines is 1. The molecule has 0 aliphatic carbocycles. The first-order valence-electron chi connectivity index (χ1n) is 10.8. The summed E-state index contributed by atoms with van der Waals surface area (Å²) in [5.41, 5.74) is 2.05. The van der Waals surface area contributed by atoms with E-state index in [-0.39, 0.29) is 17.7 Å². The Morgan fingerprint density at radius 3 is 2.64 bits per heavy atom. The van der Waals surface area contributed by atoms with Gasteiger partial charge in [-0.3, -0.25) is 9.59 Å². The van der Waals surface area contributed by atoms with Gasteiger partial charge < -0.3 is 10.2 Å². The molecule has 0 radical (unpaired) electrons. The summed E-state index contributed by atoms with van der Waals surface area (Å²) in [6.45, 7) is 2.88. The number of piperidine rings is 1. The number of rotatable bonds is 5. The molecule has 33 heavy (non-hydrogen) atoms. The predicted molar refractivity (Wildman–Crippen MR) is 128 cm³/mol. The number of benzene rings is 2. The lowest BCUT2D eigenvalue weighted by atomic mass is 9.96. The van der Waals surface area contributed by atoms with Crippen LogP contribution in [0.4, 0.5) is 5.82 Å². The Kier molecular flexibility index (Phi) is 7.06. The number of hydrogen-bond acceptors (Lipinski definition) is 5. The monoisotopic (exact) mass is 456 g/mol. The molecule has 4 rings (SSSR count). The molecular weight excluding hydrogens is 432 g/mol. The second-order valence-electron chi connectivity index (χ2n) is 7.95. The standard InChI is InChI=1S/C26H24N4O2S/c1-18-8-6-14-28-24(18)29-25(31)20-10-7-15-30(17-20)26(32)21-11-3-5-13-23(21)33-22-12-4-2-9-19(22)16-27/h2-6,8-9,11-14,20H,7,10,15,17H2,1H3,(H,28,29,31). The summed E-state index contributed by atoms with van der Waals surface area (Å²) in [6, 6.07) is 20.7. The molecular formula is C26H24N4O2S. The quantitative estimate of drug-likeness (QED) is 0.590. The van der Waals surface area contributed by atoms with Gasteiger partial charge in [0, 0.05) is 29.1 Å². The van der Waals surface area contributed by atoms with E-state index in [1.807, 2.05) is 55.5 Å². The van der Waals surface area contributed by atoms with Crippen LogP contribution in [-0.4, -0.2) is 34.8 Å². The number of hydrogen-bond donors (Lipinski definition) is 1. The molecule has 7 heteroatoms. The number of aromatic nitrogens is 1. The molecule has 1 N–H and O–H groups in total. The number of pyridine rings is 1. The van der Waals surface area contributed by atoms with Crippen LogP contribution < -0.4 is 5.32 Å². The lowest BCUT2D eigenvalue weighted by Gasteiger charge is -2.32. The molecule has 1 aliphatic rings. The van der Waals surface area contributed by atoms with Gasteiger partial charge in [0.2, 0.25) is 5.91 Å². The Bertz CT molecular complexity index is 1220. The van der Waals surface area contributed by atoms with E-state index in [1.165, 1.54) is 11.8 Å². The minimum absolute atomic E-state index is 0.0981. The Morgan fingerprint density at radius 1 is 1.09 bits per heavy atom. The van der Waals surface area contributed by atoms with Crippen LogP contribution in [0.25, 0.3) is 0 Å². The summed E-state index contributed by atoms with van der Waals surface area (Å²) in [6.07, 6.45) is 3.14. The molecule has 0 bridgehead atoms. The third kappa shape index (κ3) is 5.24. The lowest BCUT2D eigenvalue weighted by molar-refractivity contribution is -0.121. The highest BCUT2D eigenvalue weighted by Crippen LogP contribution is 2.33. The van der Waals surface area contributed by atoms with Crippen LogP contribution in [0.15, 0.2) is 76.7 Å². The van der Waals surface area contributed by atoms with Crippen molar-refractivity contribution < 1.29 is 9.59 Å². The van der Waals surface area contributed by atoms with Gasteiger partial charge in [0.15, 0.2) is 0 Å². The van der Waals surface area contributed by atoms with Crippen LogP contribution in [0.3, 0.4) is 0 Å². The average Bonchev–Trinajstić information content (AvgIpc) is 2.86. The minimum atomic E-state index is -0.289.